The third-order valence-electron chi connectivity index (χ3n) is 2.09. The maximum atomic E-state index is 11.7. The number of methoxy groups -OCH3 is 1. The van der Waals surface area contributed by atoms with Gasteiger partial charge in [0.2, 0.25) is 10.0 Å². The van der Waals surface area contributed by atoms with Crippen LogP contribution in [-0.4, -0.2) is 34.6 Å². The highest BCUT2D eigenvalue weighted by atomic mass is 35.5. The lowest BCUT2D eigenvalue weighted by Crippen LogP contribution is -2.27. The van der Waals surface area contributed by atoms with Gasteiger partial charge in [0.25, 0.3) is 5.91 Å². The molecule has 0 heterocycles. The first kappa shape index (κ1) is 14.9. The number of nitrogens with two attached hydrogens (primary N) is 1. The normalized spacial score (nSPS) is 11.3. The van der Waals surface area contributed by atoms with Gasteiger partial charge >= 0.3 is 0 Å². The number of benzene rings is 1. The third-order valence-corrected chi connectivity index (χ3v) is 3.48. The van der Waals surface area contributed by atoms with Crippen molar-refractivity contribution in [3.8, 4) is 0 Å². The molecular formula is C10H13ClN2O4S. The molecule has 0 aliphatic heterocycles. The van der Waals surface area contributed by atoms with Crippen molar-refractivity contribution in [3.05, 3.63) is 28.8 Å². The average molecular weight is 293 g/mol. The average Bonchev–Trinajstić information content (AvgIpc) is 2.28. The minimum Gasteiger partial charge on any atom is -0.383 e. The highest BCUT2D eigenvalue weighted by Crippen LogP contribution is 2.21. The molecule has 1 amide bonds. The summed E-state index contributed by atoms with van der Waals surface area (Å²) in [4.78, 5) is 11.4. The number of hydrogen-bond donors (Lipinski definition) is 2. The summed E-state index contributed by atoms with van der Waals surface area (Å²) >= 11 is 5.70. The Labute approximate surface area is 110 Å². The number of ether oxygens (including phenoxy) is 1. The van der Waals surface area contributed by atoms with Gasteiger partial charge in [-0.25, -0.2) is 13.6 Å². The smallest absolute Gasteiger partial charge is 0.251 e. The fourth-order valence-electron chi connectivity index (χ4n) is 1.23. The Hall–Kier alpha value is -1.15. The van der Waals surface area contributed by atoms with Crippen molar-refractivity contribution in [1.82, 2.24) is 5.32 Å². The maximum Gasteiger partial charge on any atom is 0.251 e. The zero-order chi connectivity index (χ0) is 13.8. The monoisotopic (exact) mass is 292 g/mol. The van der Waals surface area contributed by atoms with Crippen LogP contribution in [0.1, 0.15) is 10.4 Å². The molecule has 8 heteroatoms. The van der Waals surface area contributed by atoms with E-state index < -0.39 is 15.9 Å². The van der Waals surface area contributed by atoms with Gasteiger partial charge in [-0.05, 0) is 18.2 Å². The number of sulfonamides is 1. The van der Waals surface area contributed by atoms with Crippen molar-refractivity contribution in [2.45, 2.75) is 4.90 Å². The fraction of sp³-hybridized carbons (Fsp3) is 0.300. The maximum absolute atomic E-state index is 11.7. The summed E-state index contributed by atoms with van der Waals surface area (Å²) < 4.78 is 27.2. The van der Waals surface area contributed by atoms with Crippen LogP contribution in [0, 0.1) is 0 Å². The molecule has 1 aromatic carbocycles. The first-order chi connectivity index (χ1) is 8.36. The van der Waals surface area contributed by atoms with Crippen LogP contribution in [0.5, 0.6) is 0 Å². The van der Waals surface area contributed by atoms with Crippen molar-refractivity contribution in [2.75, 3.05) is 20.3 Å². The summed E-state index contributed by atoms with van der Waals surface area (Å²) in [5.41, 5.74) is 0.166. The molecule has 0 aromatic heterocycles. The summed E-state index contributed by atoms with van der Waals surface area (Å²) in [6.45, 7) is 0.685. The lowest BCUT2D eigenvalue weighted by atomic mass is 10.2. The van der Waals surface area contributed by atoms with Gasteiger partial charge in [0, 0.05) is 19.2 Å². The zero-order valence-electron chi connectivity index (χ0n) is 9.64. The molecule has 0 radical (unpaired) electrons. The molecule has 0 saturated heterocycles. The van der Waals surface area contributed by atoms with E-state index in [1.807, 2.05) is 0 Å². The molecule has 0 atom stereocenters. The first-order valence-corrected chi connectivity index (χ1v) is 6.88. The Kier molecular flexibility index (Phi) is 5.09. The molecule has 0 fully saturated rings. The van der Waals surface area contributed by atoms with Gasteiger partial charge < -0.3 is 10.1 Å². The van der Waals surface area contributed by atoms with Crippen molar-refractivity contribution in [2.24, 2.45) is 5.14 Å². The molecule has 0 aliphatic carbocycles. The van der Waals surface area contributed by atoms with Crippen LogP contribution in [0.4, 0.5) is 0 Å². The van der Waals surface area contributed by atoms with Crippen LogP contribution < -0.4 is 10.5 Å². The molecule has 0 unspecified atom stereocenters. The summed E-state index contributed by atoms with van der Waals surface area (Å²) in [6, 6.07) is 3.87. The molecule has 0 spiro atoms. The lowest BCUT2D eigenvalue weighted by molar-refractivity contribution is 0.0937. The van der Waals surface area contributed by atoms with E-state index in [1.165, 1.54) is 19.2 Å². The number of halogens is 1. The Morgan fingerprint density at radius 2 is 2.17 bits per heavy atom. The van der Waals surface area contributed by atoms with Gasteiger partial charge in [-0.2, -0.15) is 0 Å². The largest absolute Gasteiger partial charge is 0.383 e. The van der Waals surface area contributed by atoms with Crippen molar-refractivity contribution < 1.29 is 17.9 Å². The molecule has 6 nitrogen and oxygen atoms in total. The van der Waals surface area contributed by atoms with Gasteiger partial charge in [-0.1, -0.05) is 11.6 Å². The molecule has 1 aromatic rings. The third kappa shape index (κ3) is 3.95. The van der Waals surface area contributed by atoms with Crippen LogP contribution in [-0.2, 0) is 14.8 Å². The Balaban J connectivity index is 2.95. The van der Waals surface area contributed by atoms with Crippen LogP contribution >= 0.6 is 11.6 Å². The number of nitrogens with one attached hydrogen (secondary N) is 1. The van der Waals surface area contributed by atoms with Crippen LogP contribution in [0.3, 0.4) is 0 Å². The summed E-state index contributed by atoms with van der Waals surface area (Å²) in [5, 5.41) is 7.52. The van der Waals surface area contributed by atoms with E-state index >= 15 is 0 Å². The Bertz CT molecular complexity index is 545. The molecule has 3 N–H and O–H groups in total. The minimum absolute atomic E-state index is 0.0223. The van der Waals surface area contributed by atoms with Crippen LogP contribution in [0.25, 0.3) is 0 Å². The number of rotatable bonds is 5. The predicted molar refractivity (Wildman–Crippen MR) is 67.0 cm³/mol. The predicted octanol–water partition coefficient (Wildman–Crippen LogP) is 0.364. The molecular weight excluding hydrogens is 280 g/mol. The van der Waals surface area contributed by atoms with Gasteiger partial charge in [0.05, 0.1) is 11.6 Å². The summed E-state index contributed by atoms with van der Waals surface area (Å²) in [6.07, 6.45) is 0. The SMILES string of the molecule is COCCNC(=O)c1ccc(Cl)c(S(N)(=O)=O)c1. The quantitative estimate of drug-likeness (QED) is 0.766. The minimum atomic E-state index is -3.95. The highest BCUT2D eigenvalue weighted by molar-refractivity contribution is 7.89. The zero-order valence-corrected chi connectivity index (χ0v) is 11.2. The van der Waals surface area contributed by atoms with Crippen molar-refractivity contribution in [3.63, 3.8) is 0 Å². The summed E-state index contributed by atoms with van der Waals surface area (Å²) in [5.74, 6) is -0.423. The van der Waals surface area contributed by atoms with E-state index in [-0.39, 0.29) is 15.5 Å². The molecule has 0 bridgehead atoms. The van der Waals surface area contributed by atoms with Gasteiger partial charge in [0.15, 0.2) is 0 Å². The fourth-order valence-corrected chi connectivity index (χ4v) is 2.30. The number of carbonyl (C=O) groups excluding carboxylic acids is 1. The molecule has 0 aliphatic rings. The second kappa shape index (κ2) is 6.14. The standard InChI is InChI=1S/C10H13ClN2O4S/c1-17-5-4-13-10(14)7-2-3-8(11)9(6-7)18(12,15)16/h2-3,6H,4-5H2,1H3,(H,13,14)(H2,12,15,16). The molecule has 0 saturated carbocycles. The van der Waals surface area contributed by atoms with Gasteiger partial charge in [-0.3, -0.25) is 4.79 Å². The topological polar surface area (TPSA) is 98.5 Å². The number of carbonyl (C=O) groups is 1. The van der Waals surface area contributed by atoms with E-state index in [9.17, 15) is 13.2 Å². The summed E-state index contributed by atoms with van der Waals surface area (Å²) in [7, 11) is -2.44. The van der Waals surface area contributed by atoms with Crippen LogP contribution in [0.2, 0.25) is 5.02 Å². The second-order valence-electron chi connectivity index (χ2n) is 3.44. The van der Waals surface area contributed by atoms with E-state index in [0.29, 0.717) is 13.2 Å². The van der Waals surface area contributed by atoms with Gasteiger partial charge in [-0.15, -0.1) is 0 Å². The second-order valence-corrected chi connectivity index (χ2v) is 5.38. The molecule has 18 heavy (non-hydrogen) atoms. The van der Waals surface area contributed by atoms with E-state index in [2.05, 4.69) is 5.32 Å². The first-order valence-electron chi connectivity index (χ1n) is 4.95. The van der Waals surface area contributed by atoms with E-state index in [4.69, 9.17) is 21.5 Å². The van der Waals surface area contributed by atoms with Gasteiger partial charge in [0.1, 0.15) is 4.90 Å². The molecule has 1 rings (SSSR count). The number of amides is 1. The Morgan fingerprint density at radius 3 is 2.72 bits per heavy atom. The molecule has 100 valence electrons. The van der Waals surface area contributed by atoms with E-state index in [0.717, 1.165) is 6.07 Å². The van der Waals surface area contributed by atoms with Crippen molar-refractivity contribution in [1.29, 1.82) is 0 Å². The Morgan fingerprint density at radius 1 is 1.50 bits per heavy atom. The van der Waals surface area contributed by atoms with E-state index in [1.54, 1.807) is 0 Å². The number of hydrogen-bond acceptors (Lipinski definition) is 4. The van der Waals surface area contributed by atoms with Crippen molar-refractivity contribution >= 4 is 27.5 Å². The van der Waals surface area contributed by atoms with Crippen LogP contribution in [0.15, 0.2) is 23.1 Å². The number of primary sulfonamides is 1. The highest BCUT2D eigenvalue weighted by Gasteiger charge is 2.16. The lowest BCUT2D eigenvalue weighted by Gasteiger charge is -2.07.